The fourth-order valence-corrected chi connectivity index (χ4v) is 4.66. The van der Waals surface area contributed by atoms with Crippen LogP contribution in [0.1, 0.15) is 79.1 Å². The molecule has 0 aromatic heterocycles. The van der Waals surface area contributed by atoms with Crippen molar-refractivity contribution in [1.29, 1.82) is 0 Å². The molecule has 2 atom stereocenters. The maximum atomic E-state index is 12.8. The van der Waals surface area contributed by atoms with E-state index in [-0.39, 0.29) is 0 Å². The molecule has 3 aromatic carbocycles. The van der Waals surface area contributed by atoms with Gasteiger partial charge < -0.3 is 18.9 Å². The van der Waals surface area contributed by atoms with E-state index in [9.17, 15) is 9.59 Å². The Bertz CT molecular complexity index is 1040. The van der Waals surface area contributed by atoms with Crippen molar-refractivity contribution in [2.24, 2.45) is 11.8 Å². The van der Waals surface area contributed by atoms with Crippen LogP contribution in [0.25, 0.3) is 21.5 Å². The van der Waals surface area contributed by atoms with Crippen LogP contribution < -0.4 is 9.47 Å². The van der Waals surface area contributed by atoms with Crippen LogP contribution >= 0.6 is 0 Å². The van der Waals surface area contributed by atoms with Gasteiger partial charge in [0.15, 0.2) is 0 Å². The first-order valence-corrected chi connectivity index (χ1v) is 14.1. The average Bonchev–Trinajstić information content (AvgIpc) is 2.95. The Morgan fingerprint density at radius 2 is 0.947 bits per heavy atom. The van der Waals surface area contributed by atoms with Gasteiger partial charge in [0, 0.05) is 21.5 Å². The molecule has 0 heterocycles. The summed E-state index contributed by atoms with van der Waals surface area (Å²) in [5.74, 6) is 1.39. The van der Waals surface area contributed by atoms with Gasteiger partial charge in [0.25, 0.3) is 0 Å². The van der Waals surface area contributed by atoms with Crippen molar-refractivity contribution < 1.29 is 28.5 Å². The highest BCUT2D eigenvalue weighted by molar-refractivity contribution is 6.12. The van der Waals surface area contributed by atoms with Crippen LogP contribution in [0.3, 0.4) is 0 Å². The number of ether oxygens (including phenoxy) is 4. The van der Waals surface area contributed by atoms with Crippen LogP contribution in [0, 0.1) is 11.8 Å². The first-order chi connectivity index (χ1) is 18.5. The molecule has 0 bridgehead atoms. The largest absolute Gasteiger partial charge is 0.513 e. The third kappa shape index (κ3) is 7.86. The second-order valence-corrected chi connectivity index (χ2v) is 9.91. The molecule has 0 aliphatic heterocycles. The van der Waals surface area contributed by atoms with Gasteiger partial charge in [0.2, 0.25) is 0 Å². The molecule has 0 saturated carbocycles. The molecule has 0 aliphatic carbocycles. The van der Waals surface area contributed by atoms with Gasteiger partial charge in [-0.2, -0.15) is 0 Å². The van der Waals surface area contributed by atoms with Crippen molar-refractivity contribution >= 4 is 33.9 Å². The Morgan fingerprint density at radius 1 is 0.605 bits per heavy atom. The zero-order valence-corrected chi connectivity index (χ0v) is 23.3. The van der Waals surface area contributed by atoms with E-state index >= 15 is 0 Å². The third-order valence-electron chi connectivity index (χ3n) is 7.16. The van der Waals surface area contributed by atoms with Gasteiger partial charge in [-0.15, -0.1) is 0 Å². The zero-order valence-electron chi connectivity index (χ0n) is 23.3. The van der Waals surface area contributed by atoms with Crippen molar-refractivity contribution in [3.8, 4) is 11.5 Å². The number of benzene rings is 3. The SMILES string of the molecule is CCCCC(CC)COC(=O)Oc1c2ccccc2c(OC(=O)OCC(CC)CCCC)c2ccccc12. The summed E-state index contributed by atoms with van der Waals surface area (Å²) in [7, 11) is 0. The zero-order chi connectivity index (χ0) is 27.3. The number of hydrogen-bond acceptors (Lipinski definition) is 6. The number of carbonyl (C=O) groups is 2. The normalized spacial score (nSPS) is 12.7. The molecule has 0 fully saturated rings. The Balaban J connectivity index is 1.85. The van der Waals surface area contributed by atoms with Gasteiger partial charge in [-0.1, -0.05) is 115 Å². The molecular formula is C32H42O6. The van der Waals surface area contributed by atoms with E-state index in [1.165, 1.54) is 0 Å². The number of hydrogen-bond donors (Lipinski definition) is 0. The lowest BCUT2D eigenvalue weighted by Crippen LogP contribution is -2.18. The summed E-state index contributed by atoms with van der Waals surface area (Å²) in [4.78, 5) is 25.5. The molecule has 38 heavy (non-hydrogen) atoms. The smallest absolute Gasteiger partial charge is 0.434 e. The monoisotopic (exact) mass is 522 g/mol. The summed E-state index contributed by atoms with van der Waals surface area (Å²) in [6, 6.07) is 14.8. The molecule has 2 unspecified atom stereocenters. The number of rotatable bonds is 14. The van der Waals surface area contributed by atoms with E-state index in [0.717, 1.165) is 51.4 Å². The van der Waals surface area contributed by atoms with Crippen LogP contribution in [0.2, 0.25) is 0 Å². The minimum absolute atomic E-state index is 0.312. The lowest BCUT2D eigenvalue weighted by atomic mass is 10.0. The third-order valence-corrected chi connectivity index (χ3v) is 7.16. The minimum atomic E-state index is -0.735. The van der Waals surface area contributed by atoms with Crippen molar-refractivity contribution in [2.75, 3.05) is 13.2 Å². The van der Waals surface area contributed by atoms with Gasteiger partial charge >= 0.3 is 12.3 Å². The topological polar surface area (TPSA) is 71.1 Å². The minimum Gasteiger partial charge on any atom is -0.434 e. The van der Waals surface area contributed by atoms with Crippen LogP contribution in [-0.4, -0.2) is 25.5 Å². The Hall–Kier alpha value is -3.28. The van der Waals surface area contributed by atoms with Crippen molar-refractivity contribution in [3.63, 3.8) is 0 Å². The van der Waals surface area contributed by atoms with E-state index in [4.69, 9.17) is 18.9 Å². The molecule has 0 amide bonds. The molecule has 3 rings (SSSR count). The highest BCUT2D eigenvalue weighted by Crippen LogP contribution is 2.43. The quantitative estimate of drug-likeness (QED) is 0.119. The van der Waals surface area contributed by atoms with Crippen molar-refractivity contribution in [1.82, 2.24) is 0 Å². The number of unbranched alkanes of at least 4 members (excludes halogenated alkanes) is 2. The van der Waals surface area contributed by atoms with Gasteiger partial charge in [0.1, 0.15) is 11.5 Å². The first kappa shape index (κ1) is 29.3. The van der Waals surface area contributed by atoms with Gasteiger partial charge in [0.05, 0.1) is 13.2 Å². The molecule has 0 radical (unpaired) electrons. The fraction of sp³-hybridized carbons (Fsp3) is 0.500. The molecule has 6 nitrogen and oxygen atoms in total. The molecule has 0 saturated heterocycles. The summed E-state index contributed by atoms with van der Waals surface area (Å²) in [5.41, 5.74) is 0. The molecule has 206 valence electrons. The molecule has 0 N–H and O–H groups in total. The average molecular weight is 523 g/mol. The predicted molar refractivity (Wildman–Crippen MR) is 152 cm³/mol. The van der Waals surface area contributed by atoms with Crippen LogP contribution in [0.15, 0.2) is 48.5 Å². The summed E-state index contributed by atoms with van der Waals surface area (Å²) in [6.45, 7) is 9.17. The van der Waals surface area contributed by atoms with E-state index in [2.05, 4.69) is 27.7 Å². The summed E-state index contributed by atoms with van der Waals surface area (Å²) >= 11 is 0. The predicted octanol–water partition coefficient (Wildman–Crippen LogP) is 9.46. The number of carbonyl (C=O) groups excluding carboxylic acids is 2. The summed E-state index contributed by atoms with van der Waals surface area (Å²) in [5, 5.41) is 2.61. The number of fused-ring (bicyclic) bond motifs is 2. The Labute approximate surface area is 226 Å². The van der Waals surface area contributed by atoms with Gasteiger partial charge in [-0.05, 0) is 24.7 Å². The molecule has 6 heteroatoms. The maximum Gasteiger partial charge on any atom is 0.513 e. The molecule has 0 aliphatic rings. The lowest BCUT2D eigenvalue weighted by Gasteiger charge is -2.18. The summed E-state index contributed by atoms with van der Waals surface area (Å²) < 4.78 is 22.6. The Kier molecular flexibility index (Phi) is 11.7. The first-order valence-electron chi connectivity index (χ1n) is 14.1. The highest BCUT2D eigenvalue weighted by atomic mass is 16.7. The van der Waals surface area contributed by atoms with Crippen LogP contribution in [0.5, 0.6) is 11.5 Å². The van der Waals surface area contributed by atoms with E-state index < -0.39 is 12.3 Å². The standard InChI is InChI=1S/C32H42O6/c1-5-9-15-23(7-3)21-35-31(33)37-29-25-17-11-13-19-27(25)30(28-20-14-12-18-26(28)29)38-32(34)36-22-24(8-4)16-10-6-2/h11-14,17-20,23-24H,5-10,15-16,21-22H2,1-4H3. The lowest BCUT2D eigenvalue weighted by molar-refractivity contribution is 0.0805. The fourth-order valence-electron chi connectivity index (χ4n) is 4.66. The maximum absolute atomic E-state index is 12.8. The van der Waals surface area contributed by atoms with E-state index in [0.29, 0.717) is 58.1 Å². The Morgan fingerprint density at radius 3 is 1.24 bits per heavy atom. The van der Waals surface area contributed by atoms with Gasteiger partial charge in [-0.3, -0.25) is 0 Å². The molecule has 3 aromatic rings. The second kappa shape index (κ2) is 15.2. The van der Waals surface area contributed by atoms with Crippen molar-refractivity contribution in [3.05, 3.63) is 48.5 Å². The summed E-state index contributed by atoms with van der Waals surface area (Å²) in [6.07, 6.45) is 6.89. The van der Waals surface area contributed by atoms with E-state index in [1.807, 2.05) is 48.5 Å². The van der Waals surface area contributed by atoms with Crippen molar-refractivity contribution in [2.45, 2.75) is 79.1 Å². The molecular weight excluding hydrogens is 480 g/mol. The second-order valence-electron chi connectivity index (χ2n) is 9.91. The van der Waals surface area contributed by atoms with E-state index in [1.54, 1.807) is 0 Å². The van der Waals surface area contributed by atoms with Gasteiger partial charge in [-0.25, -0.2) is 9.59 Å². The highest BCUT2D eigenvalue weighted by Gasteiger charge is 2.22. The van der Waals surface area contributed by atoms with Crippen LogP contribution in [-0.2, 0) is 9.47 Å². The molecule has 0 spiro atoms. The van der Waals surface area contributed by atoms with Crippen LogP contribution in [0.4, 0.5) is 9.59 Å².